The molecule has 3 aromatic carbocycles. The number of halogens is 1. The average Bonchev–Trinajstić information content (AvgIpc) is 3.28. The predicted octanol–water partition coefficient (Wildman–Crippen LogP) is 5.25. The van der Waals surface area contributed by atoms with Crippen molar-refractivity contribution in [3.8, 4) is 11.5 Å². The van der Waals surface area contributed by atoms with E-state index in [4.69, 9.17) is 9.15 Å². The van der Waals surface area contributed by atoms with Crippen molar-refractivity contribution in [2.75, 3.05) is 36.5 Å². The number of hydrogen-bond acceptors (Lipinski definition) is 7. The summed E-state index contributed by atoms with van der Waals surface area (Å²) in [4.78, 5) is 30.6. The molecule has 0 unspecified atom stereocenters. The van der Waals surface area contributed by atoms with E-state index in [2.05, 4.69) is 26.2 Å². The Morgan fingerprint density at radius 2 is 1.91 bits per heavy atom. The maximum Gasteiger partial charge on any atom is 0.270 e. The number of benzene rings is 3. The first-order chi connectivity index (χ1) is 16.5. The van der Waals surface area contributed by atoms with Crippen LogP contribution in [0.25, 0.3) is 22.6 Å². The van der Waals surface area contributed by atoms with E-state index in [9.17, 15) is 14.9 Å². The number of anilines is 2. The summed E-state index contributed by atoms with van der Waals surface area (Å²) in [6.45, 7) is 2.26. The number of amides is 1. The molecule has 0 saturated carbocycles. The third kappa shape index (κ3) is 4.50. The Morgan fingerprint density at radius 3 is 2.68 bits per heavy atom. The van der Waals surface area contributed by atoms with E-state index < -0.39 is 10.8 Å². The summed E-state index contributed by atoms with van der Waals surface area (Å²) in [5, 5.41) is 14.2. The molecule has 172 valence electrons. The number of nitro benzene ring substituents is 1. The van der Waals surface area contributed by atoms with Crippen molar-refractivity contribution in [2.45, 2.75) is 0 Å². The van der Waals surface area contributed by atoms with Crippen molar-refractivity contribution in [3.05, 3.63) is 80.8 Å². The summed E-state index contributed by atoms with van der Waals surface area (Å²) in [6, 6.07) is 17.1. The van der Waals surface area contributed by atoms with Gasteiger partial charge in [0.1, 0.15) is 5.52 Å². The van der Waals surface area contributed by atoms with Crippen LogP contribution in [0.3, 0.4) is 0 Å². The monoisotopic (exact) mass is 522 g/mol. The van der Waals surface area contributed by atoms with Gasteiger partial charge in [0.05, 0.1) is 29.4 Å². The minimum Gasteiger partial charge on any atom is -0.436 e. The van der Waals surface area contributed by atoms with Gasteiger partial charge >= 0.3 is 0 Å². The predicted molar refractivity (Wildman–Crippen MR) is 131 cm³/mol. The SMILES string of the molecule is O=C(Nc1ccc2oc(-c3cccc(Br)c3)nc2c1)c1cc([N+](=O)[O-])ccc1N1CCOCC1. The molecule has 0 radical (unpaired) electrons. The molecule has 1 aromatic heterocycles. The van der Waals surface area contributed by atoms with Crippen molar-refractivity contribution in [3.63, 3.8) is 0 Å². The third-order valence-corrected chi connectivity index (χ3v) is 6.00. The molecule has 10 heteroatoms. The first-order valence-corrected chi connectivity index (χ1v) is 11.4. The summed E-state index contributed by atoms with van der Waals surface area (Å²) in [7, 11) is 0. The zero-order valence-corrected chi connectivity index (χ0v) is 19.4. The number of aromatic nitrogens is 1. The molecule has 0 atom stereocenters. The highest BCUT2D eigenvalue weighted by Crippen LogP contribution is 2.30. The number of non-ortho nitro benzene ring substituents is 1. The summed E-state index contributed by atoms with van der Waals surface area (Å²) < 4.78 is 12.2. The van der Waals surface area contributed by atoms with Crippen molar-refractivity contribution in [1.82, 2.24) is 4.98 Å². The molecular formula is C24H19BrN4O5. The maximum atomic E-state index is 13.2. The van der Waals surface area contributed by atoms with Gasteiger partial charge in [-0.3, -0.25) is 14.9 Å². The number of carbonyl (C=O) groups is 1. The zero-order chi connectivity index (χ0) is 23.7. The van der Waals surface area contributed by atoms with Crippen LogP contribution in [-0.2, 0) is 4.74 Å². The van der Waals surface area contributed by atoms with Gasteiger partial charge in [-0.05, 0) is 42.5 Å². The Hall–Kier alpha value is -3.76. The fraction of sp³-hybridized carbons (Fsp3) is 0.167. The lowest BCUT2D eigenvalue weighted by Gasteiger charge is -2.30. The van der Waals surface area contributed by atoms with Crippen LogP contribution in [0, 0.1) is 10.1 Å². The van der Waals surface area contributed by atoms with E-state index in [1.165, 1.54) is 12.1 Å². The molecule has 1 amide bonds. The Kier molecular flexibility index (Phi) is 5.99. The van der Waals surface area contributed by atoms with Crippen LogP contribution in [0.1, 0.15) is 10.4 Å². The van der Waals surface area contributed by atoms with Gasteiger partial charge in [0.25, 0.3) is 11.6 Å². The molecule has 1 aliphatic heterocycles. The minimum atomic E-state index is -0.509. The van der Waals surface area contributed by atoms with Gasteiger partial charge in [-0.15, -0.1) is 0 Å². The van der Waals surface area contributed by atoms with Crippen LogP contribution >= 0.6 is 15.9 Å². The van der Waals surface area contributed by atoms with Gasteiger partial charge in [-0.2, -0.15) is 0 Å². The Morgan fingerprint density at radius 1 is 1.09 bits per heavy atom. The topological polar surface area (TPSA) is 111 Å². The number of nitrogens with zero attached hydrogens (tertiary/aromatic N) is 3. The number of hydrogen-bond donors (Lipinski definition) is 1. The first-order valence-electron chi connectivity index (χ1n) is 10.6. The number of rotatable bonds is 5. The molecule has 1 fully saturated rings. The van der Waals surface area contributed by atoms with Crippen molar-refractivity contribution in [1.29, 1.82) is 0 Å². The summed E-state index contributed by atoms with van der Waals surface area (Å²) in [6.07, 6.45) is 0. The zero-order valence-electron chi connectivity index (χ0n) is 17.9. The number of ether oxygens (including phenoxy) is 1. The minimum absolute atomic E-state index is 0.146. The van der Waals surface area contributed by atoms with E-state index in [-0.39, 0.29) is 11.3 Å². The number of nitrogens with one attached hydrogen (secondary N) is 1. The lowest BCUT2D eigenvalue weighted by atomic mass is 10.1. The summed E-state index contributed by atoms with van der Waals surface area (Å²) in [5.41, 5.74) is 3.20. The molecule has 1 N–H and O–H groups in total. The third-order valence-electron chi connectivity index (χ3n) is 5.50. The molecular weight excluding hydrogens is 504 g/mol. The fourth-order valence-corrected chi connectivity index (χ4v) is 4.25. The van der Waals surface area contributed by atoms with Crippen molar-refractivity contribution < 1.29 is 18.9 Å². The number of morpholine rings is 1. The number of fused-ring (bicyclic) bond motifs is 1. The smallest absolute Gasteiger partial charge is 0.270 e. The van der Waals surface area contributed by atoms with Crippen LogP contribution in [0.2, 0.25) is 0 Å². The fourth-order valence-electron chi connectivity index (χ4n) is 3.85. The lowest BCUT2D eigenvalue weighted by molar-refractivity contribution is -0.384. The molecule has 2 heterocycles. The number of carbonyl (C=O) groups excluding carboxylic acids is 1. The molecule has 9 nitrogen and oxygen atoms in total. The van der Waals surface area contributed by atoms with Crippen LogP contribution < -0.4 is 10.2 Å². The molecule has 0 bridgehead atoms. The quantitative estimate of drug-likeness (QED) is 0.281. The van der Waals surface area contributed by atoms with E-state index >= 15 is 0 Å². The molecule has 1 saturated heterocycles. The number of nitro groups is 1. The van der Waals surface area contributed by atoms with Crippen molar-refractivity contribution in [2.24, 2.45) is 0 Å². The highest BCUT2D eigenvalue weighted by atomic mass is 79.9. The van der Waals surface area contributed by atoms with E-state index in [0.29, 0.717) is 54.7 Å². The molecule has 0 aliphatic carbocycles. The van der Waals surface area contributed by atoms with Gasteiger partial charge < -0.3 is 19.4 Å². The van der Waals surface area contributed by atoms with E-state index in [1.807, 2.05) is 29.2 Å². The van der Waals surface area contributed by atoms with Gasteiger partial charge in [0.15, 0.2) is 5.58 Å². The van der Waals surface area contributed by atoms with Gasteiger partial charge in [0.2, 0.25) is 5.89 Å². The molecule has 4 aromatic rings. The second kappa shape index (κ2) is 9.24. The second-order valence-corrected chi connectivity index (χ2v) is 8.64. The highest BCUT2D eigenvalue weighted by Gasteiger charge is 2.22. The van der Waals surface area contributed by atoms with Gasteiger partial charge in [-0.1, -0.05) is 22.0 Å². The average molecular weight is 523 g/mol. The maximum absolute atomic E-state index is 13.2. The number of oxazole rings is 1. The Labute approximate surface area is 202 Å². The normalized spacial score (nSPS) is 13.7. The van der Waals surface area contributed by atoms with Crippen LogP contribution in [-0.4, -0.2) is 42.1 Å². The summed E-state index contributed by atoms with van der Waals surface area (Å²) >= 11 is 3.44. The highest BCUT2D eigenvalue weighted by molar-refractivity contribution is 9.10. The second-order valence-electron chi connectivity index (χ2n) is 7.72. The molecule has 1 aliphatic rings. The Balaban J connectivity index is 1.44. The van der Waals surface area contributed by atoms with Crippen LogP contribution in [0.15, 0.2) is 69.6 Å². The molecule has 5 rings (SSSR count). The summed E-state index contributed by atoms with van der Waals surface area (Å²) in [5.74, 6) is 0.0216. The van der Waals surface area contributed by atoms with E-state index in [0.717, 1.165) is 10.0 Å². The Bertz CT molecular complexity index is 1400. The molecule has 34 heavy (non-hydrogen) atoms. The first kappa shape index (κ1) is 22.1. The largest absolute Gasteiger partial charge is 0.436 e. The van der Waals surface area contributed by atoms with Crippen LogP contribution in [0.4, 0.5) is 17.1 Å². The lowest BCUT2D eigenvalue weighted by Crippen LogP contribution is -2.37. The van der Waals surface area contributed by atoms with Gasteiger partial charge in [0, 0.05) is 40.9 Å². The van der Waals surface area contributed by atoms with Crippen molar-refractivity contribution >= 4 is 50.0 Å². The molecule has 0 spiro atoms. The standard InChI is InChI=1S/C24H19BrN4O5/c25-16-3-1-2-15(12-16)24-27-20-13-17(4-7-22(20)34-24)26-23(30)19-14-18(29(31)32)5-6-21(19)28-8-10-33-11-9-28/h1-7,12-14H,8-11H2,(H,26,30). The van der Waals surface area contributed by atoms with Gasteiger partial charge in [-0.25, -0.2) is 4.98 Å². The van der Waals surface area contributed by atoms with Crippen LogP contribution in [0.5, 0.6) is 0 Å². The van der Waals surface area contributed by atoms with E-state index in [1.54, 1.807) is 24.3 Å².